The highest BCUT2D eigenvalue weighted by atomic mass is 14.6. The van der Waals surface area contributed by atoms with Crippen LogP contribution in [-0.4, -0.2) is 26.2 Å². The number of unbranched alkanes of at least 4 members (excludes halogenated alkanes) is 1. The van der Waals surface area contributed by atoms with Crippen molar-refractivity contribution in [2.75, 3.05) is 26.2 Å². The van der Waals surface area contributed by atoms with E-state index < -0.39 is 0 Å². The molecule has 0 heterocycles. The third-order valence-electron chi connectivity index (χ3n) is 1.25. The van der Waals surface area contributed by atoms with Gasteiger partial charge >= 0.3 is 0 Å². The summed E-state index contributed by atoms with van der Waals surface area (Å²) in [5.41, 5.74) is 20.3. The summed E-state index contributed by atoms with van der Waals surface area (Å²) in [6, 6.07) is 0. The van der Waals surface area contributed by atoms with Crippen molar-refractivity contribution in [3.05, 3.63) is 0 Å². The Bertz CT molecular complexity index is 48.1. The van der Waals surface area contributed by atoms with Gasteiger partial charge in [-0.2, -0.15) is 0 Å². The molecule has 0 saturated carbocycles. The molecular formula is C10H30N4. The second-order valence-electron chi connectivity index (χ2n) is 2.86. The van der Waals surface area contributed by atoms with Crippen LogP contribution in [0.25, 0.3) is 0 Å². The topological polar surface area (TPSA) is 104 Å². The summed E-state index contributed by atoms with van der Waals surface area (Å²) in [7, 11) is 0. The van der Waals surface area contributed by atoms with Gasteiger partial charge in [-0.05, 0) is 45.4 Å². The van der Waals surface area contributed by atoms with Gasteiger partial charge in [0.15, 0.2) is 0 Å². The minimum atomic E-state index is 0.719. The van der Waals surface area contributed by atoms with Crippen LogP contribution in [-0.2, 0) is 0 Å². The van der Waals surface area contributed by atoms with Crippen LogP contribution >= 0.6 is 0 Å². The summed E-state index contributed by atoms with van der Waals surface area (Å²) >= 11 is 0. The molecule has 0 rings (SSSR count). The van der Waals surface area contributed by atoms with Crippen LogP contribution in [0.15, 0.2) is 0 Å². The molecule has 90 valence electrons. The molecule has 0 aliphatic rings. The van der Waals surface area contributed by atoms with E-state index in [-0.39, 0.29) is 0 Å². The lowest BCUT2D eigenvalue weighted by Crippen LogP contribution is -2.06. The maximum absolute atomic E-state index is 5.14. The Hall–Kier alpha value is -0.160. The van der Waals surface area contributed by atoms with Gasteiger partial charge in [-0.25, -0.2) is 0 Å². The molecule has 0 bridgehead atoms. The van der Waals surface area contributed by atoms with Crippen LogP contribution in [0.2, 0.25) is 0 Å². The quantitative estimate of drug-likeness (QED) is 0.522. The molecule has 8 N–H and O–H groups in total. The van der Waals surface area contributed by atoms with Crippen LogP contribution in [0.5, 0.6) is 0 Å². The molecule has 0 aliphatic carbocycles. The van der Waals surface area contributed by atoms with Gasteiger partial charge in [-0.3, -0.25) is 0 Å². The third kappa shape index (κ3) is 59.4. The van der Waals surface area contributed by atoms with E-state index in [4.69, 9.17) is 22.9 Å². The maximum atomic E-state index is 5.14. The second-order valence-corrected chi connectivity index (χ2v) is 2.86. The first kappa shape index (κ1) is 19.4. The van der Waals surface area contributed by atoms with Crippen LogP contribution in [0.4, 0.5) is 0 Å². The van der Waals surface area contributed by atoms with E-state index in [1.807, 2.05) is 0 Å². The Balaban J connectivity index is -0.000000131. The van der Waals surface area contributed by atoms with Crippen molar-refractivity contribution < 1.29 is 0 Å². The van der Waals surface area contributed by atoms with Gasteiger partial charge in [0.05, 0.1) is 0 Å². The minimum absolute atomic E-state index is 0.719. The van der Waals surface area contributed by atoms with Gasteiger partial charge in [-0.1, -0.05) is 20.3 Å². The van der Waals surface area contributed by atoms with Crippen molar-refractivity contribution in [3.8, 4) is 0 Å². The molecule has 14 heavy (non-hydrogen) atoms. The van der Waals surface area contributed by atoms with E-state index in [1.165, 1.54) is 12.8 Å². The fourth-order valence-corrected chi connectivity index (χ4v) is 0.322. The Morgan fingerprint density at radius 1 is 0.571 bits per heavy atom. The molecular weight excluding hydrogens is 176 g/mol. The predicted molar refractivity (Wildman–Crippen MR) is 66.0 cm³/mol. The molecule has 0 unspecified atom stereocenters. The van der Waals surface area contributed by atoms with Gasteiger partial charge in [0.1, 0.15) is 0 Å². The van der Waals surface area contributed by atoms with E-state index in [2.05, 4.69) is 13.8 Å². The van der Waals surface area contributed by atoms with Crippen LogP contribution < -0.4 is 22.9 Å². The lowest BCUT2D eigenvalue weighted by atomic mass is 10.3. The summed E-state index contributed by atoms with van der Waals surface area (Å²) in [6.45, 7) is 7.29. The zero-order valence-corrected chi connectivity index (χ0v) is 9.97. The molecule has 0 atom stereocenters. The largest absolute Gasteiger partial charge is 0.330 e. The third-order valence-corrected chi connectivity index (χ3v) is 1.25. The first-order valence-electron chi connectivity index (χ1n) is 5.55. The fraction of sp³-hybridized carbons (Fsp3) is 1.00. The Morgan fingerprint density at radius 2 is 0.929 bits per heavy atom. The summed E-state index contributed by atoms with van der Waals surface area (Å²) in [5.74, 6) is 0. The summed E-state index contributed by atoms with van der Waals surface area (Å²) in [6.07, 6.45) is 4.43. The van der Waals surface area contributed by atoms with Crippen molar-refractivity contribution in [2.45, 2.75) is 39.5 Å². The molecule has 0 radical (unpaired) electrons. The lowest BCUT2D eigenvalue weighted by molar-refractivity contribution is 0.807. The Kier molecular flexibility index (Phi) is 40.6. The van der Waals surface area contributed by atoms with Crippen molar-refractivity contribution in [2.24, 2.45) is 22.9 Å². The van der Waals surface area contributed by atoms with Crippen molar-refractivity contribution in [3.63, 3.8) is 0 Å². The molecule has 0 amide bonds. The van der Waals surface area contributed by atoms with Crippen molar-refractivity contribution in [1.29, 1.82) is 0 Å². The Labute approximate surface area is 89.4 Å². The highest BCUT2D eigenvalue weighted by molar-refractivity contribution is 4.33. The first-order valence-corrected chi connectivity index (χ1v) is 5.55. The van der Waals surface area contributed by atoms with Crippen LogP contribution in [0.3, 0.4) is 0 Å². The maximum Gasteiger partial charge on any atom is -0.00653 e. The molecule has 0 spiro atoms. The predicted octanol–water partition coefficient (Wildman–Crippen LogP) is 0.394. The smallest absolute Gasteiger partial charge is 0.00653 e. The van der Waals surface area contributed by atoms with Gasteiger partial charge in [-0.15, -0.1) is 0 Å². The zero-order chi connectivity index (χ0) is 11.7. The zero-order valence-electron chi connectivity index (χ0n) is 9.97. The molecule has 0 aromatic carbocycles. The SMILES string of the molecule is CCCCN.CCCN.NCCCN. The first-order chi connectivity index (χ1) is 6.74. The van der Waals surface area contributed by atoms with E-state index in [9.17, 15) is 0 Å². The highest BCUT2D eigenvalue weighted by Crippen LogP contribution is 1.77. The molecule has 4 heteroatoms. The minimum Gasteiger partial charge on any atom is -0.330 e. The molecule has 0 fully saturated rings. The van der Waals surface area contributed by atoms with Gasteiger partial charge in [0.2, 0.25) is 0 Å². The second kappa shape index (κ2) is 29.3. The number of rotatable bonds is 5. The van der Waals surface area contributed by atoms with Crippen LogP contribution in [0, 0.1) is 0 Å². The average molecular weight is 206 g/mol. The normalized spacial score (nSPS) is 8.14. The Morgan fingerprint density at radius 3 is 0.929 bits per heavy atom. The number of hydrogen-bond donors (Lipinski definition) is 4. The summed E-state index contributed by atoms with van der Waals surface area (Å²) in [5, 5.41) is 0. The monoisotopic (exact) mass is 206 g/mol. The molecule has 0 aliphatic heterocycles. The molecule has 0 aromatic heterocycles. The van der Waals surface area contributed by atoms with Crippen molar-refractivity contribution >= 4 is 0 Å². The van der Waals surface area contributed by atoms with E-state index in [0.717, 1.165) is 39.0 Å². The number of nitrogens with two attached hydrogens (primary N) is 4. The van der Waals surface area contributed by atoms with Gasteiger partial charge < -0.3 is 22.9 Å². The standard InChI is InChI=1S/C4H11N.C3H10N2.C3H9N/c1-2-3-4-5;4-2-1-3-5;1-2-3-4/h2-5H2,1H3;1-5H2;2-4H2,1H3. The summed E-state index contributed by atoms with van der Waals surface area (Å²) in [4.78, 5) is 0. The average Bonchev–Trinajstić information content (AvgIpc) is 2.22. The van der Waals surface area contributed by atoms with E-state index in [1.54, 1.807) is 0 Å². The highest BCUT2D eigenvalue weighted by Gasteiger charge is 1.68. The number of hydrogen-bond acceptors (Lipinski definition) is 4. The molecule has 0 aromatic rings. The lowest BCUT2D eigenvalue weighted by Gasteiger charge is -1.81. The van der Waals surface area contributed by atoms with Gasteiger partial charge in [0, 0.05) is 0 Å². The van der Waals surface area contributed by atoms with Crippen molar-refractivity contribution in [1.82, 2.24) is 0 Å². The fourth-order valence-electron chi connectivity index (χ4n) is 0.322. The molecule has 4 nitrogen and oxygen atoms in total. The molecule has 0 saturated heterocycles. The van der Waals surface area contributed by atoms with Gasteiger partial charge in [0.25, 0.3) is 0 Å². The van der Waals surface area contributed by atoms with E-state index >= 15 is 0 Å². The van der Waals surface area contributed by atoms with Crippen LogP contribution in [0.1, 0.15) is 39.5 Å². The summed E-state index contributed by atoms with van der Waals surface area (Å²) < 4.78 is 0. The van der Waals surface area contributed by atoms with E-state index in [0.29, 0.717) is 0 Å².